The Hall–Kier alpha value is -1.89. The minimum atomic E-state index is -1.02. The van der Waals surface area contributed by atoms with Crippen LogP contribution in [0.2, 0.25) is 0 Å². The zero-order valence-electron chi connectivity index (χ0n) is 9.59. The van der Waals surface area contributed by atoms with Gasteiger partial charge in [-0.3, -0.25) is 4.68 Å². The highest BCUT2D eigenvalue weighted by Gasteiger charge is 2.12. The quantitative estimate of drug-likeness (QED) is 0.901. The molecule has 0 unspecified atom stereocenters. The Kier molecular flexibility index (Phi) is 3.61. The van der Waals surface area contributed by atoms with E-state index >= 15 is 0 Å². The minimum Gasteiger partial charge on any atom is -0.478 e. The summed E-state index contributed by atoms with van der Waals surface area (Å²) in [6.07, 6.45) is 5.12. The molecule has 2 aromatic heterocycles. The molecule has 0 atom stereocenters. The molecular weight excluding hydrogens is 300 g/mol. The fourth-order valence-electron chi connectivity index (χ4n) is 1.49. The maximum absolute atomic E-state index is 11.1. The lowest BCUT2D eigenvalue weighted by Crippen LogP contribution is -2.08. The van der Waals surface area contributed by atoms with Gasteiger partial charge in [-0.2, -0.15) is 5.10 Å². The lowest BCUT2D eigenvalue weighted by molar-refractivity contribution is 0.0697. The maximum atomic E-state index is 11.1. The van der Waals surface area contributed by atoms with Crippen LogP contribution >= 0.6 is 15.9 Å². The van der Waals surface area contributed by atoms with Crippen molar-refractivity contribution in [1.82, 2.24) is 14.8 Å². The second-order valence-corrected chi connectivity index (χ2v) is 4.65. The molecule has 0 fully saturated rings. The largest absolute Gasteiger partial charge is 0.478 e. The topological polar surface area (TPSA) is 80.0 Å². The van der Waals surface area contributed by atoms with Crippen LogP contribution in [-0.4, -0.2) is 25.8 Å². The van der Waals surface area contributed by atoms with Crippen molar-refractivity contribution in [2.24, 2.45) is 7.05 Å². The molecule has 7 heteroatoms. The number of hydrogen-bond acceptors (Lipinski definition) is 4. The van der Waals surface area contributed by atoms with Gasteiger partial charge in [-0.25, -0.2) is 9.78 Å². The van der Waals surface area contributed by atoms with Crippen LogP contribution in [0.25, 0.3) is 0 Å². The standard InChI is InChI=1S/C11H11BrN4O2/c1-16-6-7(4-15-16)3-13-10-9(11(17)18)2-8(12)5-14-10/h2,4-6H,3H2,1H3,(H,13,14)(H,17,18). The van der Waals surface area contributed by atoms with Crippen molar-refractivity contribution in [2.45, 2.75) is 6.54 Å². The number of hydrogen-bond donors (Lipinski definition) is 2. The molecular formula is C11H11BrN4O2. The molecule has 0 aromatic carbocycles. The number of carboxylic acid groups (broad SMARTS) is 1. The van der Waals surface area contributed by atoms with E-state index in [1.54, 1.807) is 17.1 Å². The molecule has 0 amide bonds. The summed E-state index contributed by atoms with van der Waals surface area (Å²) in [4.78, 5) is 15.1. The van der Waals surface area contributed by atoms with Crippen molar-refractivity contribution in [3.05, 3.63) is 40.3 Å². The summed E-state index contributed by atoms with van der Waals surface area (Å²) in [6, 6.07) is 1.51. The summed E-state index contributed by atoms with van der Waals surface area (Å²) in [5.74, 6) is -0.674. The van der Waals surface area contributed by atoms with E-state index in [1.165, 1.54) is 6.07 Å². The van der Waals surface area contributed by atoms with Crippen LogP contribution in [0.4, 0.5) is 5.82 Å². The maximum Gasteiger partial charge on any atom is 0.339 e. The summed E-state index contributed by atoms with van der Waals surface area (Å²) in [7, 11) is 1.82. The molecule has 0 aliphatic heterocycles. The monoisotopic (exact) mass is 310 g/mol. The van der Waals surface area contributed by atoms with Crippen molar-refractivity contribution in [3.8, 4) is 0 Å². The number of aromatic carboxylic acids is 1. The smallest absolute Gasteiger partial charge is 0.339 e. The Bertz CT molecular complexity index is 582. The number of nitrogens with zero attached hydrogens (tertiary/aromatic N) is 3. The number of rotatable bonds is 4. The molecule has 2 rings (SSSR count). The van der Waals surface area contributed by atoms with Gasteiger partial charge in [-0.1, -0.05) is 0 Å². The molecule has 0 bridgehead atoms. The number of aryl methyl sites for hydroxylation is 1. The van der Waals surface area contributed by atoms with Crippen molar-refractivity contribution >= 4 is 27.7 Å². The lowest BCUT2D eigenvalue weighted by atomic mass is 10.2. The van der Waals surface area contributed by atoms with Crippen LogP contribution < -0.4 is 5.32 Å². The van der Waals surface area contributed by atoms with E-state index in [4.69, 9.17) is 5.11 Å². The molecule has 0 aliphatic carbocycles. The average molecular weight is 311 g/mol. The second kappa shape index (κ2) is 5.18. The Morgan fingerprint density at radius 3 is 2.94 bits per heavy atom. The summed E-state index contributed by atoms with van der Waals surface area (Å²) < 4.78 is 2.32. The molecule has 6 nitrogen and oxygen atoms in total. The van der Waals surface area contributed by atoms with Gasteiger partial charge in [0.2, 0.25) is 0 Å². The third kappa shape index (κ3) is 2.86. The van der Waals surface area contributed by atoms with Crippen LogP contribution in [0.15, 0.2) is 29.1 Å². The van der Waals surface area contributed by atoms with Gasteiger partial charge in [0.15, 0.2) is 0 Å². The highest BCUT2D eigenvalue weighted by Crippen LogP contribution is 2.18. The molecule has 0 saturated heterocycles. The molecule has 94 valence electrons. The Morgan fingerprint density at radius 1 is 1.56 bits per heavy atom. The molecule has 0 aliphatic rings. The first-order valence-electron chi connectivity index (χ1n) is 5.16. The fourth-order valence-corrected chi connectivity index (χ4v) is 1.82. The van der Waals surface area contributed by atoms with Gasteiger partial charge in [0.25, 0.3) is 0 Å². The number of anilines is 1. The Morgan fingerprint density at radius 2 is 2.33 bits per heavy atom. The first-order chi connectivity index (χ1) is 8.56. The van der Waals surface area contributed by atoms with E-state index in [0.29, 0.717) is 16.8 Å². The molecule has 2 N–H and O–H groups in total. The van der Waals surface area contributed by atoms with Crippen LogP contribution in [0.5, 0.6) is 0 Å². The molecule has 0 radical (unpaired) electrons. The molecule has 18 heavy (non-hydrogen) atoms. The van der Waals surface area contributed by atoms with Gasteiger partial charge in [0, 0.05) is 36.0 Å². The van der Waals surface area contributed by atoms with Gasteiger partial charge in [0.05, 0.1) is 6.20 Å². The Labute approximate surface area is 112 Å². The zero-order valence-corrected chi connectivity index (χ0v) is 11.2. The highest BCUT2D eigenvalue weighted by atomic mass is 79.9. The van der Waals surface area contributed by atoms with Crippen LogP contribution in [0.3, 0.4) is 0 Å². The van der Waals surface area contributed by atoms with Gasteiger partial charge in [-0.05, 0) is 22.0 Å². The molecule has 0 saturated carbocycles. The van der Waals surface area contributed by atoms with Gasteiger partial charge < -0.3 is 10.4 Å². The summed E-state index contributed by atoms with van der Waals surface area (Å²) in [5.41, 5.74) is 1.09. The lowest BCUT2D eigenvalue weighted by Gasteiger charge is -2.07. The van der Waals surface area contributed by atoms with Crippen LogP contribution in [0, 0.1) is 0 Å². The van der Waals surface area contributed by atoms with E-state index in [9.17, 15) is 4.79 Å². The number of carboxylic acids is 1. The minimum absolute atomic E-state index is 0.133. The predicted octanol–water partition coefficient (Wildman–Crippen LogP) is 1.89. The van der Waals surface area contributed by atoms with Gasteiger partial charge in [-0.15, -0.1) is 0 Å². The number of carbonyl (C=O) groups is 1. The van der Waals surface area contributed by atoms with Crippen molar-refractivity contribution < 1.29 is 9.90 Å². The highest BCUT2D eigenvalue weighted by molar-refractivity contribution is 9.10. The number of halogens is 1. The zero-order chi connectivity index (χ0) is 13.1. The second-order valence-electron chi connectivity index (χ2n) is 3.73. The van der Waals surface area contributed by atoms with E-state index in [2.05, 4.69) is 31.3 Å². The summed E-state index contributed by atoms with van der Waals surface area (Å²) in [5, 5.41) is 16.1. The van der Waals surface area contributed by atoms with E-state index in [0.717, 1.165) is 5.56 Å². The fraction of sp³-hybridized carbons (Fsp3) is 0.182. The first kappa shape index (κ1) is 12.6. The van der Waals surface area contributed by atoms with E-state index in [-0.39, 0.29) is 5.56 Å². The van der Waals surface area contributed by atoms with Crippen LogP contribution in [-0.2, 0) is 13.6 Å². The Balaban J connectivity index is 2.16. The predicted molar refractivity (Wildman–Crippen MR) is 69.4 cm³/mol. The van der Waals surface area contributed by atoms with Crippen molar-refractivity contribution in [3.63, 3.8) is 0 Å². The average Bonchev–Trinajstić information content (AvgIpc) is 2.73. The van der Waals surface area contributed by atoms with Gasteiger partial charge in [0.1, 0.15) is 11.4 Å². The van der Waals surface area contributed by atoms with E-state index in [1.807, 2.05) is 13.2 Å². The van der Waals surface area contributed by atoms with Crippen molar-refractivity contribution in [2.75, 3.05) is 5.32 Å². The third-order valence-corrected chi connectivity index (χ3v) is 2.74. The number of pyridine rings is 1. The van der Waals surface area contributed by atoms with Gasteiger partial charge >= 0.3 is 5.97 Å². The number of nitrogens with one attached hydrogen (secondary N) is 1. The van der Waals surface area contributed by atoms with Crippen molar-refractivity contribution in [1.29, 1.82) is 0 Å². The summed E-state index contributed by atoms with van der Waals surface area (Å²) in [6.45, 7) is 0.475. The number of aromatic nitrogens is 3. The third-order valence-electron chi connectivity index (χ3n) is 2.30. The van der Waals surface area contributed by atoms with Crippen LogP contribution in [0.1, 0.15) is 15.9 Å². The molecule has 2 aromatic rings. The summed E-state index contributed by atoms with van der Waals surface area (Å²) >= 11 is 3.20. The first-order valence-corrected chi connectivity index (χ1v) is 5.96. The normalized spacial score (nSPS) is 10.3. The SMILES string of the molecule is Cn1cc(CNc2ncc(Br)cc2C(=O)O)cn1. The molecule has 0 spiro atoms. The van der Waals surface area contributed by atoms with E-state index < -0.39 is 5.97 Å². The molecule has 2 heterocycles.